The number of methoxy groups -OCH3 is 3. The summed E-state index contributed by atoms with van der Waals surface area (Å²) in [6, 6.07) is -0.193. The van der Waals surface area contributed by atoms with Crippen LogP contribution < -0.4 is 0 Å². The standard InChI is InChI=1S/C14H29NO4/c1-5-6-7-8-13(14(16)19-4)15(9-11-17-2)10-12-18-3/h13H,5-12H2,1-4H3. The van der Waals surface area contributed by atoms with E-state index in [2.05, 4.69) is 11.8 Å². The Morgan fingerprint density at radius 2 is 1.63 bits per heavy atom. The highest BCUT2D eigenvalue weighted by molar-refractivity contribution is 5.75. The van der Waals surface area contributed by atoms with E-state index >= 15 is 0 Å². The van der Waals surface area contributed by atoms with Crippen molar-refractivity contribution in [1.82, 2.24) is 4.90 Å². The summed E-state index contributed by atoms with van der Waals surface area (Å²) < 4.78 is 15.1. The van der Waals surface area contributed by atoms with E-state index in [1.54, 1.807) is 14.2 Å². The molecule has 5 heteroatoms. The molecule has 0 saturated carbocycles. The van der Waals surface area contributed by atoms with Gasteiger partial charge in [-0.2, -0.15) is 0 Å². The molecule has 5 nitrogen and oxygen atoms in total. The second-order valence-corrected chi connectivity index (χ2v) is 4.56. The molecule has 0 heterocycles. The van der Waals surface area contributed by atoms with E-state index < -0.39 is 0 Å². The third kappa shape index (κ3) is 8.18. The molecule has 0 spiro atoms. The van der Waals surface area contributed by atoms with Gasteiger partial charge in [-0.1, -0.05) is 26.2 Å². The number of hydrogen-bond acceptors (Lipinski definition) is 5. The number of hydrogen-bond donors (Lipinski definition) is 0. The van der Waals surface area contributed by atoms with Gasteiger partial charge < -0.3 is 14.2 Å². The van der Waals surface area contributed by atoms with E-state index in [0.717, 1.165) is 25.7 Å². The molecule has 19 heavy (non-hydrogen) atoms. The Morgan fingerprint density at radius 1 is 1.05 bits per heavy atom. The van der Waals surface area contributed by atoms with Crippen LogP contribution in [0.25, 0.3) is 0 Å². The van der Waals surface area contributed by atoms with Crippen molar-refractivity contribution in [1.29, 1.82) is 0 Å². The van der Waals surface area contributed by atoms with Crippen molar-refractivity contribution < 1.29 is 19.0 Å². The number of esters is 1. The molecule has 0 rings (SSSR count). The molecule has 0 aromatic rings. The fraction of sp³-hybridized carbons (Fsp3) is 0.929. The number of carbonyl (C=O) groups is 1. The van der Waals surface area contributed by atoms with Gasteiger partial charge in [-0.05, 0) is 6.42 Å². The lowest BCUT2D eigenvalue weighted by Crippen LogP contribution is -2.45. The van der Waals surface area contributed by atoms with Crippen LogP contribution in [0.2, 0.25) is 0 Å². The monoisotopic (exact) mass is 275 g/mol. The molecule has 0 N–H and O–H groups in total. The largest absolute Gasteiger partial charge is 0.468 e. The Morgan fingerprint density at radius 3 is 2.05 bits per heavy atom. The SMILES string of the molecule is CCCCCC(C(=O)OC)N(CCOC)CCOC. The van der Waals surface area contributed by atoms with Gasteiger partial charge >= 0.3 is 5.97 Å². The maximum Gasteiger partial charge on any atom is 0.323 e. The Bertz CT molecular complexity index is 215. The molecule has 1 unspecified atom stereocenters. The molecule has 0 radical (unpaired) electrons. The molecule has 0 fully saturated rings. The molecule has 0 aromatic heterocycles. The summed E-state index contributed by atoms with van der Waals surface area (Å²) in [5.74, 6) is -0.164. The second kappa shape index (κ2) is 12.4. The van der Waals surface area contributed by atoms with Crippen LogP contribution in [0.3, 0.4) is 0 Å². The van der Waals surface area contributed by atoms with Crippen LogP contribution >= 0.6 is 0 Å². The van der Waals surface area contributed by atoms with E-state index in [-0.39, 0.29) is 12.0 Å². The van der Waals surface area contributed by atoms with Crippen LogP contribution in [0, 0.1) is 0 Å². The number of nitrogens with zero attached hydrogens (tertiary/aromatic N) is 1. The molecule has 0 bridgehead atoms. The van der Waals surface area contributed by atoms with Gasteiger partial charge in [-0.3, -0.25) is 9.69 Å². The van der Waals surface area contributed by atoms with E-state index in [1.807, 2.05) is 0 Å². The Balaban J connectivity index is 4.53. The van der Waals surface area contributed by atoms with Crippen molar-refractivity contribution in [2.45, 2.75) is 38.6 Å². The lowest BCUT2D eigenvalue weighted by molar-refractivity contribution is -0.147. The summed E-state index contributed by atoms with van der Waals surface area (Å²) >= 11 is 0. The summed E-state index contributed by atoms with van der Waals surface area (Å²) in [6.07, 6.45) is 4.14. The average Bonchev–Trinajstić information content (AvgIpc) is 2.44. The Hall–Kier alpha value is -0.650. The first-order valence-electron chi connectivity index (χ1n) is 7.01. The van der Waals surface area contributed by atoms with Gasteiger partial charge in [0.2, 0.25) is 0 Å². The summed E-state index contributed by atoms with van der Waals surface area (Å²) in [4.78, 5) is 14.0. The van der Waals surface area contributed by atoms with Crippen molar-refractivity contribution in [2.75, 3.05) is 47.6 Å². The van der Waals surface area contributed by atoms with Gasteiger partial charge in [0.1, 0.15) is 6.04 Å². The fourth-order valence-electron chi connectivity index (χ4n) is 2.01. The number of ether oxygens (including phenoxy) is 3. The zero-order valence-corrected chi connectivity index (χ0v) is 12.8. The maximum atomic E-state index is 11.9. The highest BCUT2D eigenvalue weighted by Crippen LogP contribution is 2.12. The predicted octanol–water partition coefficient (Wildman–Crippen LogP) is 1.70. The van der Waals surface area contributed by atoms with Crippen LogP contribution in [-0.2, 0) is 19.0 Å². The second-order valence-electron chi connectivity index (χ2n) is 4.56. The van der Waals surface area contributed by atoms with Gasteiger partial charge in [0.05, 0.1) is 20.3 Å². The van der Waals surface area contributed by atoms with Crippen molar-refractivity contribution in [2.24, 2.45) is 0 Å². The molecule has 0 aromatic carbocycles. The van der Waals surface area contributed by atoms with Crippen molar-refractivity contribution >= 4 is 5.97 Å². The molecular weight excluding hydrogens is 246 g/mol. The van der Waals surface area contributed by atoms with Crippen LogP contribution in [0.4, 0.5) is 0 Å². The molecule has 1 atom stereocenters. The minimum Gasteiger partial charge on any atom is -0.468 e. The normalized spacial score (nSPS) is 12.7. The first kappa shape index (κ1) is 18.4. The lowest BCUT2D eigenvalue weighted by Gasteiger charge is -2.29. The molecule has 0 aliphatic carbocycles. The van der Waals surface area contributed by atoms with Crippen LogP contribution in [-0.4, -0.2) is 64.5 Å². The number of carbonyl (C=O) groups excluding carboxylic acids is 1. The topological polar surface area (TPSA) is 48.0 Å². The highest BCUT2D eigenvalue weighted by Gasteiger charge is 2.25. The number of rotatable bonds is 12. The summed E-state index contributed by atoms with van der Waals surface area (Å²) in [5, 5.41) is 0. The number of unbranched alkanes of at least 4 members (excludes halogenated alkanes) is 2. The summed E-state index contributed by atoms with van der Waals surface area (Å²) in [6.45, 7) is 4.79. The quantitative estimate of drug-likeness (QED) is 0.401. The average molecular weight is 275 g/mol. The molecule has 0 amide bonds. The van der Waals surface area contributed by atoms with Gasteiger partial charge in [0.15, 0.2) is 0 Å². The zero-order chi connectivity index (χ0) is 14.5. The van der Waals surface area contributed by atoms with Gasteiger partial charge in [-0.25, -0.2) is 0 Å². The van der Waals surface area contributed by atoms with Crippen LogP contribution in [0.5, 0.6) is 0 Å². The first-order valence-corrected chi connectivity index (χ1v) is 7.01. The maximum absolute atomic E-state index is 11.9. The summed E-state index contributed by atoms with van der Waals surface area (Å²) in [5.41, 5.74) is 0. The minimum absolute atomic E-state index is 0.164. The van der Waals surface area contributed by atoms with E-state index in [1.165, 1.54) is 7.11 Å². The van der Waals surface area contributed by atoms with E-state index in [0.29, 0.717) is 26.3 Å². The van der Waals surface area contributed by atoms with Crippen molar-refractivity contribution in [3.8, 4) is 0 Å². The third-order valence-electron chi connectivity index (χ3n) is 3.16. The van der Waals surface area contributed by atoms with Crippen molar-refractivity contribution in [3.63, 3.8) is 0 Å². The van der Waals surface area contributed by atoms with Gasteiger partial charge in [-0.15, -0.1) is 0 Å². The Kier molecular flexibility index (Phi) is 12.0. The van der Waals surface area contributed by atoms with Crippen LogP contribution in [0.1, 0.15) is 32.6 Å². The fourth-order valence-corrected chi connectivity index (χ4v) is 2.01. The third-order valence-corrected chi connectivity index (χ3v) is 3.16. The lowest BCUT2D eigenvalue weighted by atomic mass is 10.1. The van der Waals surface area contributed by atoms with Crippen LogP contribution in [0.15, 0.2) is 0 Å². The predicted molar refractivity (Wildman–Crippen MR) is 75.3 cm³/mol. The highest BCUT2D eigenvalue weighted by atomic mass is 16.5. The molecule has 0 saturated heterocycles. The molecular formula is C14H29NO4. The Labute approximate surface area is 117 Å². The van der Waals surface area contributed by atoms with E-state index in [9.17, 15) is 4.79 Å². The molecule has 0 aliphatic rings. The molecule has 0 aliphatic heterocycles. The minimum atomic E-state index is -0.193. The zero-order valence-electron chi connectivity index (χ0n) is 12.8. The summed E-state index contributed by atoms with van der Waals surface area (Å²) in [7, 11) is 4.78. The molecule has 114 valence electrons. The van der Waals surface area contributed by atoms with E-state index in [4.69, 9.17) is 14.2 Å². The van der Waals surface area contributed by atoms with Gasteiger partial charge in [0.25, 0.3) is 0 Å². The smallest absolute Gasteiger partial charge is 0.323 e. The van der Waals surface area contributed by atoms with Crippen molar-refractivity contribution in [3.05, 3.63) is 0 Å². The van der Waals surface area contributed by atoms with Gasteiger partial charge in [0, 0.05) is 27.3 Å². The first-order chi connectivity index (χ1) is 9.21.